The molecule has 1 atom stereocenters. The minimum absolute atomic E-state index is 0.115. The maximum Gasteiger partial charge on any atom is 0.220 e. The number of hydrogen-bond donors (Lipinski definition) is 1. The van der Waals surface area contributed by atoms with Gasteiger partial charge in [-0.2, -0.15) is 0 Å². The van der Waals surface area contributed by atoms with E-state index < -0.39 is 0 Å². The molecule has 1 heterocycles. The molecule has 4 heteroatoms. The van der Waals surface area contributed by atoms with E-state index in [0.717, 1.165) is 17.1 Å². The molecule has 2 rings (SSSR count). The molecule has 92 valence electrons. The Morgan fingerprint density at radius 1 is 1.41 bits per heavy atom. The Morgan fingerprint density at radius 3 is 2.82 bits per heavy atom. The van der Waals surface area contributed by atoms with Crippen LogP contribution >= 0.6 is 0 Å². The topological polar surface area (TPSA) is 47.6 Å². The number of carbonyl (C=O) groups is 1. The molecule has 1 saturated heterocycles. The fourth-order valence-electron chi connectivity index (χ4n) is 2.06. The lowest BCUT2D eigenvalue weighted by Gasteiger charge is -2.13. The molecule has 1 aliphatic heterocycles. The van der Waals surface area contributed by atoms with E-state index in [-0.39, 0.29) is 11.8 Å². The van der Waals surface area contributed by atoms with E-state index >= 15 is 0 Å². The zero-order valence-electron chi connectivity index (χ0n) is 10.2. The second-order valence-electron chi connectivity index (χ2n) is 4.05. The Kier molecular flexibility index (Phi) is 3.52. The van der Waals surface area contributed by atoms with Crippen molar-refractivity contribution in [3.8, 4) is 11.5 Å². The second kappa shape index (κ2) is 5.08. The predicted octanol–water partition coefficient (Wildman–Crippen LogP) is 1.70. The summed E-state index contributed by atoms with van der Waals surface area (Å²) in [5.41, 5.74) is 1.12. The maximum absolute atomic E-state index is 11.2. The van der Waals surface area contributed by atoms with E-state index in [1.54, 1.807) is 7.11 Å². The Balaban J connectivity index is 2.23. The van der Waals surface area contributed by atoms with Crippen molar-refractivity contribution in [3.05, 3.63) is 23.8 Å². The van der Waals surface area contributed by atoms with Crippen molar-refractivity contribution in [1.29, 1.82) is 0 Å². The van der Waals surface area contributed by atoms with E-state index in [1.165, 1.54) is 0 Å². The van der Waals surface area contributed by atoms with E-state index in [4.69, 9.17) is 9.47 Å². The van der Waals surface area contributed by atoms with E-state index in [0.29, 0.717) is 19.6 Å². The normalized spacial score (nSPS) is 18.9. The standard InChI is InChI=1S/C13H17NO3/c1-3-17-12-6-9(4-5-11(12)16-2)10-7-13(15)14-8-10/h4-6,10H,3,7-8H2,1-2H3,(H,14,15)/t10-/m1/s1. The Hall–Kier alpha value is -1.71. The third kappa shape index (κ3) is 2.52. The Morgan fingerprint density at radius 2 is 2.24 bits per heavy atom. The third-order valence-corrected chi connectivity index (χ3v) is 2.94. The molecule has 1 aromatic carbocycles. The quantitative estimate of drug-likeness (QED) is 0.864. The summed E-state index contributed by atoms with van der Waals surface area (Å²) >= 11 is 0. The summed E-state index contributed by atoms with van der Waals surface area (Å²) in [6.07, 6.45) is 0.553. The highest BCUT2D eigenvalue weighted by Gasteiger charge is 2.23. The molecule has 0 bridgehead atoms. The molecule has 0 unspecified atom stereocenters. The zero-order valence-corrected chi connectivity index (χ0v) is 10.2. The molecule has 1 amide bonds. The lowest BCUT2D eigenvalue weighted by atomic mass is 9.98. The maximum atomic E-state index is 11.2. The average molecular weight is 235 g/mol. The molecule has 0 radical (unpaired) electrons. The minimum atomic E-state index is 0.115. The first-order valence-corrected chi connectivity index (χ1v) is 5.82. The van der Waals surface area contributed by atoms with Gasteiger partial charge in [0.1, 0.15) is 0 Å². The first kappa shape index (κ1) is 11.8. The van der Waals surface area contributed by atoms with Crippen LogP contribution < -0.4 is 14.8 Å². The number of carbonyl (C=O) groups excluding carboxylic acids is 1. The number of benzene rings is 1. The van der Waals surface area contributed by atoms with Crippen molar-refractivity contribution >= 4 is 5.91 Å². The highest BCUT2D eigenvalue weighted by molar-refractivity contribution is 5.79. The Labute approximate surface area is 101 Å². The summed E-state index contributed by atoms with van der Waals surface area (Å²) in [5.74, 6) is 1.83. The van der Waals surface area contributed by atoms with Crippen molar-refractivity contribution in [1.82, 2.24) is 5.32 Å². The number of ether oxygens (including phenoxy) is 2. The van der Waals surface area contributed by atoms with Gasteiger partial charge in [-0.25, -0.2) is 0 Å². The van der Waals surface area contributed by atoms with Gasteiger partial charge in [0.2, 0.25) is 5.91 Å². The van der Waals surface area contributed by atoms with Gasteiger partial charge >= 0.3 is 0 Å². The molecule has 0 aliphatic carbocycles. The van der Waals surface area contributed by atoms with E-state index in [1.807, 2.05) is 25.1 Å². The Bertz CT molecular complexity index is 417. The lowest BCUT2D eigenvalue weighted by molar-refractivity contribution is -0.119. The number of nitrogens with one attached hydrogen (secondary N) is 1. The van der Waals surface area contributed by atoms with Crippen LogP contribution in [-0.2, 0) is 4.79 Å². The molecular weight excluding hydrogens is 218 g/mol. The van der Waals surface area contributed by atoms with Gasteiger partial charge in [-0.05, 0) is 24.6 Å². The number of rotatable bonds is 4. The molecular formula is C13H17NO3. The summed E-state index contributed by atoms with van der Waals surface area (Å²) in [4.78, 5) is 11.2. The van der Waals surface area contributed by atoms with Crippen molar-refractivity contribution in [2.45, 2.75) is 19.3 Å². The molecule has 1 aromatic rings. The third-order valence-electron chi connectivity index (χ3n) is 2.94. The van der Waals surface area contributed by atoms with Crippen LogP contribution in [-0.4, -0.2) is 26.2 Å². The highest BCUT2D eigenvalue weighted by Crippen LogP contribution is 2.32. The molecule has 0 aromatic heterocycles. The van der Waals surface area contributed by atoms with Crippen LogP contribution in [0.2, 0.25) is 0 Å². The van der Waals surface area contributed by atoms with Gasteiger partial charge in [-0.1, -0.05) is 6.07 Å². The van der Waals surface area contributed by atoms with Gasteiger partial charge in [0.15, 0.2) is 11.5 Å². The summed E-state index contributed by atoms with van der Waals surface area (Å²) < 4.78 is 10.8. The number of amides is 1. The molecule has 1 aliphatic rings. The van der Waals surface area contributed by atoms with E-state index in [2.05, 4.69) is 5.32 Å². The predicted molar refractivity (Wildman–Crippen MR) is 64.5 cm³/mol. The van der Waals surface area contributed by atoms with Crippen LogP contribution in [0, 0.1) is 0 Å². The van der Waals surface area contributed by atoms with Gasteiger partial charge in [0.25, 0.3) is 0 Å². The SMILES string of the molecule is CCOc1cc([C@H]2CNC(=O)C2)ccc1OC. The fourth-order valence-corrected chi connectivity index (χ4v) is 2.06. The number of methoxy groups -OCH3 is 1. The van der Waals surface area contributed by atoms with Crippen LogP contribution in [0.15, 0.2) is 18.2 Å². The molecule has 0 saturated carbocycles. The van der Waals surface area contributed by atoms with Crippen LogP contribution in [0.1, 0.15) is 24.8 Å². The van der Waals surface area contributed by atoms with Crippen molar-refractivity contribution in [3.63, 3.8) is 0 Å². The fraction of sp³-hybridized carbons (Fsp3) is 0.462. The summed E-state index contributed by atoms with van der Waals surface area (Å²) in [6.45, 7) is 3.24. The minimum Gasteiger partial charge on any atom is -0.493 e. The first-order valence-electron chi connectivity index (χ1n) is 5.82. The lowest BCUT2D eigenvalue weighted by Crippen LogP contribution is -2.13. The molecule has 17 heavy (non-hydrogen) atoms. The molecule has 1 fully saturated rings. The van der Waals surface area contributed by atoms with Crippen LogP contribution in [0.25, 0.3) is 0 Å². The average Bonchev–Trinajstić information content (AvgIpc) is 2.76. The molecule has 0 spiro atoms. The molecule has 4 nitrogen and oxygen atoms in total. The second-order valence-corrected chi connectivity index (χ2v) is 4.05. The van der Waals surface area contributed by atoms with Crippen LogP contribution in [0.4, 0.5) is 0 Å². The summed E-state index contributed by atoms with van der Waals surface area (Å²) in [5, 5.41) is 2.84. The van der Waals surface area contributed by atoms with Gasteiger partial charge in [-0.3, -0.25) is 4.79 Å². The first-order chi connectivity index (χ1) is 8.24. The monoisotopic (exact) mass is 235 g/mol. The van der Waals surface area contributed by atoms with Gasteiger partial charge < -0.3 is 14.8 Å². The van der Waals surface area contributed by atoms with Gasteiger partial charge in [0.05, 0.1) is 13.7 Å². The van der Waals surface area contributed by atoms with Crippen molar-refractivity contribution in [2.24, 2.45) is 0 Å². The van der Waals surface area contributed by atoms with Gasteiger partial charge in [-0.15, -0.1) is 0 Å². The largest absolute Gasteiger partial charge is 0.493 e. The zero-order chi connectivity index (χ0) is 12.3. The highest BCUT2D eigenvalue weighted by atomic mass is 16.5. The summed E-state index contributed by atoms with van der Waals surface area (Å²) in [6, 6.07) is 5.85. The van der Waals surface area contributed by atoms with Crippen LogP contribution in [0.5, 0.6) is 11.5 Å². The van der Waals surface area contributed by atoms with Crippen LogP contribution in [0.3, 0.4) is 0 Å². The molecule has 1 N–H and O–H groups in total. The van der Waals surface area contributed by atoms with Gasteiger partial charge in [0, 0.05) is 18.9 Å². The van der Waals surface area contributed by atoms with Crippen molar-refractivity contribution < 1.29 is 14.3 Å². The van der Waals surface area contributed by atoms with E-state index in [9.17, 15) is 4.79 Å². The number of hydrogen-bond acceptors (Lipinski definition) is 3. The summed E-state index contributed by atoms with van der Waals surface area (Å²) in [7, 11) is 1.62. The van der Waals surface area contributed by atoms with Crippen molar-refractivity contribution in [2.75, 3.05) is 20.3 Å². The smallest absolute Gasteiger partial charge is 0.220 e.